The topological polar surface area (TPSA) is 50.3 Å². The van der Waals surface area contributed by atoms with Crippen LogP contribution in [-0.2, 0) is 11.3 Å². The minimum absolute atomic E-state index is 0.768. The first kappa shape index (κ1) is 13.2. The number of hydrogen-bond acceptors (Lipinski definition) is 5. The summed E-state index contributed by atoms with van der Waals surface area (Å²) in [4.78, 5) is 11.0. The van der Waals surface area contributed by atoms with Crippen LogP contribution < -0.4 is 10.2 Å². The normalized spacial score (nSPS) is 15.9. The summed E-state index contributed by atoms with van der Waals surface area (Å²) in [6.07, 6.45) is 6.26. The molecular weight excluding hydrogens is 228 g/mol. The first-order valence-electron chi connectivity index (χ1n) is 6.74. The van der Waals surface area contributed by atoms with Gasteiger partial charge in [-0.25, -0.2) is 9.97 Å². The van der Waals surface area contributed by atoms with E-state index < -0.39 is 0 Å². The molecule has 2 heterocycles. The van der Waals surface area contributed by atoms with Crippen LogP contribution in [0.3, 0.4) is 0 Å². The van der Waals surface area contributed by atoms with Gasteiger partial charge in [-0.1, -0.05) is 13.3 Å². The molecule has 0 unspecified atom stereocenters. The summed E-state index contributed by atoms with van der Waals surface area (Å²) in [6.45, 7) is 7.41. The molecule has 2 rings (SSSR count). The van der Waals surface area contributed by atoms with Gasteiger partial charge in [0.15, 0.2) is 0 Å². The third kappa shape index (κ3) is 3.92. The summed E-state index contributed by atoms with van der Waals surface area (Å²) >= 11 is 0. The highest BCUT2D eigenvalue weighted by molar-refractivity contribution is 5.30. The van der Waals surface area contributed by atoms with Gasteiger partial charge < -0.3 is 15.0 Å². The maximum atomic E-state index is 5.31. The first-order chi connectivity index (χ1) is 8.90. The van der Waals surface area contributed by atoms with Gasteiger partial charge >= 0.3 is 0 Å². The SMILES string of the molecule is CCCCNCc1cnc(N2CCOCC2)nc1. The van der Waals surface area contributed by atoms with E-state index in [9.17, 15) is 0 Å². The van der Waals surface area contributed by atoms with Crippen molar-refractivity contribution in [1.82, 2.24) is 15.3 Å². The minimum Gasteiger partial charge on any atom is -0.378 e. The van der Waals surface area contributed by atoms with E-state index in [4.69, 9.17) is 4.74 Å². The molecule has 1 saturated heterocycles. The zero-order chi connectivity index (χ0) is 12.6. The molecule has 0 amide bonds. The lowest BCUT2D eigenvalue weighted by Gasteiger charge is -2.26. The van der Waals surface area contributed by atoms with Gasteiger partial charge in [0.05, 0.1) is 13.2 Å². The van der Waals surface area contributed by atoms with Gasteiger partial charge in [-0.05, 0) is 13.0 Å². The maximum absolute atomic E-state index is 5.31. The Kier molecular flexibility index (Phi) is 5.36. The van der Waals surface area contributed by atoms with Gasteiger partial charge in [0.25, 0.3) is 0 Å². The number of nitrogens with one attached hydrogen (secondary N) is 1. The van der Waals surface area contributed by atoms with Gasteiger partial charge in [0.2, 0.25) is 5.95 Å². The maximum Gasteiger partial charge on any atom is 0.225 e. The molecule has 0 aliphatic carbocycles. The Hall–Kier alpha value is -1.20. The van der Waals surface area contributed by atoms with Crippen molar-refractivity contribution in [3.05, 3.63) is 18.0 Å². The lowest BCUT2D eigenvalue weighted by molar-refractivity contribution is 0.122. The number of rotatable bonds is 6. The second-order valence-electron chi connectivity index (χ2n) is 4.52. The summed E-state index contributed by atoms with van der Waals surface area (Å²) in [5, 5.41) is 3.39. The van der Waals surface area contributed by atoms with E-state index in [2.05, 4.69) is 27.1 Å². The van der Waals surface area contributed by atoms with Gasteiger partial charge in [-0.3, -0.25) is 0 Å². The molecular formula is C13H22N4O. The minimum atomic E-state index is 0.768. The summed E-state index contributed by atoms with van der Waals surface area (Å²) in [6, 6.07) is 0. The Balaban J connectivity index is 1.81. The average molecular weight is 250 g/mol. The van der Waals surface area contributed by atoms with Crippen molar-refractivity contribution in [2.45, 2.75) is 26.3 Å². The molecule has 0 spiro atoms. The van der Waals surface area contributed by atoms with E-state index in [0.717, 1.165) is 50.9 Å². The molecule has 100 valence electrons. The molecule has 1 aromatic heterocycles. The molecule has 1 aliphatic rings. The van der Waals surface area contributed by atoms with Crippen LogP contribution in [0.2, 0.25) is 0 Å². The molecule has 1 aromatic rings. The number of unbranched alkanes of at least 4 members (excludes halogenated alkanes) is 1. The number of hydrogen-bond donors (Lipinski definition) is 1. The Morgan fingerprint density at radius 1 is 1.28 bits per heavy atom. The van der Waals surface area contributed by atoms with Crippen molar-refractivity contribution in [1.29, 1.82) is 0 Å². The predicted molar refractivity (Wildman–Crippen MR) is 71.7 cm³/mol. The van der Waals surface area contributed by atoms with Crippen LogP contribution in [0.5, 0.6) is 0 Å². The number of morpholine rings is 1. The van der Waals surface area contributed by atoms with Crippen LogP contribution in [0.1, 0.15) is 25.3 Å². The van der Waals surface area contributed by atoms with Gasteiger partial charge in [-0.2, -0.15) is 0 Å². The Labute approximate surface area is 109 Å². The summed E-state index contributed by atoms with van der Waals surface area (Å²) in [5.41, 5.74) is 1.14. The second kappa shape index (κ2) is 7.28. The van der Waals surface area contributed by atoms with E-state index in [1.54, 1.807) is 0 Å². The number of nitrogens with zero attached hydrogens (tertiary/aromatic N) is 3. The molecule has 0 saturated carbocycles. The lowest BCUT2D eigenvalue weighted by atomic mass is 10.3. The Morgan fingerprint density at radius 3 is 2.67 bits per heavy atom. The Morgan fingerprint density at radius 2 is 2.00 bits per heavy atom. The molecule has 0 bridgehead atoms. The molecule has 1 aliphatic heterocycles. The third-order valence-corrected chi connectivity index (χ3v) is 3.02. The molecule has 1 N–H and O–H groups in total. The van der Waals surface area contributed by atoms with Crippen LogP contribution in [0.15, 0.2) is 12.4 Å². The lowest BCUT2D eigenvalue weighted by Crippen LogP contribution is -2.37. The highest BCUT2D eigenvalue weighted by Crippen LogP contribution is 2.09. The molecule has 0 aromatic carbocycles. The van der Waals surface area contributed by atoms with E-state index in [0.29, 0.717) is 0 Å². The van der Waals surface area contributed by atoms with Crippen LogP contribution in [0, 0.1) is 0 Å². The molecule has 18 heavy (non-hydrogen) atoms. The first-order valence-corrected chi connectivity index (χ1v) is 6.74. The fourth-order valence-corrected chi connectivity index (χ4v) is 1.90. The highest BCUT2D eigenvalue weighted by Gasteiger charge is 2.12. The molecule has 5 heteroatoms. The van der Waals surface area contributed by atoms with E-state index >= 15 is 0 Å². The van der Waals surface area contributed by atoms with Crippen LogP contribution >= 0.6 is 0 Å². The van der Waals surface area contributed by atoms with Gasteiger partial charge in [0, 0.05) is 37.6 Å². The summed E-state index contributed by atoms with van der Waals surface area (Å²) < 4.78 is 5.31. The molecule has 0 radical (unpaired) electrons. The zero-order valence-corrected chi connectivity index (χ0v) is 11.1. The molecule has 5 nitrogen and oxygen atoms in total. The molecule has 0 atom stereocenters. The van der Waals surface area contributed by atoms with Crippen molar-refractivity contribution in [3.8, 4) is 0 Å². The van der Waals surface area contributed by atoms with Crippen molar-refractivity contribution in [3.63, 3.8) is 0 Å². The smallest absolute Gasteiger partial charge is 0.225 e. The van der Waals surface area contributed by atoms with Crippen LogP contribution in [0.4, 0.5) is 5.95 Å². The van der Waals surface area contributed by atoms with E-state index in [-0.39, 0.29) is 0 Å². The Bertz CT molecular complexity index is 335. The second-order valence-corrected chi connectivity index (χ2v) is 4.52. The van der Waals surface area contributed by atoms with Crippen molar-refractivity contribution in [2.24, 2.45) is 0 Å². The third-order valence-electron chi connectivity index (χ3n) is 3.02. The highest BCUT2D eigenvalue weighted by atomic mass is 16.5. The van der Waals surface area contributed by atoms with E-state index in [1.807, 2.05) is 12.4 Å². The summed E-state index contributed by atoms with van der Waals surface area (Å²) in [7, 11) is 0. The van der Waals surface area contributed by atoms with Crippen molar-refractivity contribution < 1.29 is 4.74 Å². The number of anilines is 1. The van der Waals surface area contributed by atoms with Crippen molar-refractivity contribution >= 4 is 5.95 Å². The van der Waals surface area contributed by atoms with Crippen molar-refractivity contribution in [2.75, 3.05) is 37.7 Å². The van der Waals surface area contributed by atoms with Crippen LogP contribution in [0.25, 0.3) is 0 Å². The number of ether oxygens (including phenoxy) is 1. The summed E-state index contributed by atoms with van der Waals surface area (Å²) in [5.74, 6) is 0.815. The van der Waals surface area contributed by atoms with Crippen LogP contribution in [-0.4, -0.2) is 42.8 Å². The molecule has 1 fully saturated rings. The quantitative estimate of drug-likeness (QED) is 0.769. The van der Waals surface area contributed by atoms with Gasteiger partial charge in [0.1, 0.15) is 0 Å². The zero-order valence-electron chi connectivity index (χ0n) is 11.1. The largest absolute Gasteiger partial charge is 0.378 e. The standard InChI is InChI=1S/C13H22N4O/c1-2-3-4-14-9-12-10-15-13(16-11-12)17-5-7-18-8-6-17/h10-11,14H,2-9H2,1H3. The fraction of sp³-hybridized carbons (Fsp3) is 0.692. The van der Waals surface area contributed by atoms with Gasteiger partial charge in [-0.15, -0.1) is 0 Å². The van der Waals surface area contributed by atoms with E-state index in [1.165, 1.54) is 12.8 Å². The predicted octanol–water partition coefficient (Wildman–Crippen LogP) is 1.20. The monoisotopic (exact) mass is 250 g/mol. The average Bonchev–Trinajstić information content (AvgIpc) is 2.45. The fourth-order valence-electron chi connectivity index (χ4n) is 1.90. The number of aromatic nitrogens is 2.